The third-order valence-corrected chi connectivity index (χ3v) is 6.56. The van der Waals surface area contributed by atoms with Gasteiger partial charge in [-0.15, -0.1) is 0 Å². The van der Waals surface area contributed by atoms with Crippen molar-refractivity contribution in [2.75, 3.05) is 38.3 Å². The van der Waals surface area contributed by atoms with E-state index in [1.54, 1.807) is 7.11 Å². The quantitative estimate of drug-likeness (QED) is 0.865. The molecule has 1 unspecified atom stereocenters. The predicted octanol–water partition coefficient (Wildman–Crippen LogP) is 2.43. The summed E-state index contributed by atoms with van der Waals surface area (Å²) >= 11 is 0. The van der Waals surface area contributed by atoms with Crippen LogP contribution in [-0.2, 0) is 11.2 Å². The maximum Gasteiger partial charge on any atom is 0.247 e. The predicted molar refractivity (Wildman–Crippen MR) is 111 cm³/mol. The first kappa shape index (κ1) is 18.3. The first-order valence-electron chi connectivity index (χ1n) is 10.3. The molecule has 1 N–H and O–H groups in total. The average molecular weight is 393 g/mol. The number of rotatable bonds is 4. The smallest absolute Gasteiger partial charge is 0.247 e. The van der Waals surface area contributed by atoms with Gasteiger partial charge in [0.2, 0.25) is 5.91 Å². The summed E-state index contributed by atoms with van der Waals surface area (Å²) in [6.07, 6.45) is 2.74. The van der Waals surface area contributed by atoms with Crippen LogP contribution in [0.2, 0.25) is 0 Å². The van der Waals surface area contributed by atoms with Gasteiger partial charge >= 0.3 is 0 Å². The van der Waals surface area contributed by atoms with Crippen LogP contribution in [-0.4, -0.2) is 55.9 Å². The van der Waals surface area contributed by atoms with Gasteiger partial charge in [0.15, 0.2) is 0 Å². The molecule has 5 rings (SSSR count). The first-order valence-corrected chi connectivity index (χ1v) is 10.3. The van der Waals surface area contributed by atoms with E-state index >= 15 is 0 Å². The molecule has 0 saturated carbocycles. The number of carbonyl (C=O) groups is 1. The third-order valence-electron chi connectivity index (χ3n) is 6.56. The summed E-state index contributed by atoms with van der Waals surface area (Å²) in [6.45, 7) is 3.28. The Bertz CT molecular complexity index is 893. The Morgan fingerprint density at radius 3 is 2.72 bits per heavy atom. The van der Waals surface area contributed by atoms with Crippen LogP contribution in [0.25, 0.3) is 0 Å². The van der Waals surface area contributed by atoms with E-state index in [1.165, 1.54) is 5.56 Å². The summed E-state index contributed by atoms with van der Waals surface area (Å²) in [6, 6.07) is 16.3. The lowest BCUT2D eigenvalue weighted by molar-refractivity contribution is -0.125. The summed E-state index contributed by atoms with van der Waals surface area (Å²) in [5.41, 5.74) is 1.90. The van der Waals surface area contributed by atoms with Gasteiger partial charge in [-0.3, -0.25) is 9.69 Å². The molecule has 152 valence electrons. The lowest BCUT2D eigenvalue weighted by Gasteiger charge is -2.43. The molecular formula is C23H27N3O3. The van der Waals surface area contributed by atoms with Gasteiger partial charge in [-0.1, -0.05) is 18.2 Å². The molecule has 2 aromatic carbocycles. The normalized spacial score (nSPS) is 23.0. The zero-order valence-electron chi connectivity index (χ0n) is 16.8. The van der Waals surface area contributed by atoms with E-state index in [4.69, 9.17) is 9.47 Å². The minimum Gasteiger partial charge on any atom is -0.497 e. The van der Waals surface area contributed by atoms with E-state index in [1.807, 2.05) is 30.3 Å². The van der Waals surface area contributed by atoms with E-state index in [0.29, 0.717) is 6.67 Å². The fourth-order valence-corrected chi connectivity index (χ4v) is 4.95. The molecule has 0 radical (unpaired) electrons. The SMILES string of the molecule is COc1ccc2c(c1)CC(CN1CCC3(CC1)C(=O)NCN3c1ccccc1)O2. The van der Waals surface area contributed by atoms with Crippen molar-refractivity contribution in [1.29, 1.82) is 0 Å². The lowest BCUT2D eigenvalue weighted by atomic mass is 9.85. The number of hydrogen-bond donors (Lipinski definition) is 1. The van der Waals surface area contributed by atoms with E-state index in [9.17, 15) is 4.79 Å². The zero-order valence-corrected chi connectivity index (χ0v) is 16.8. The van der Waals surface area contributed by atoms with Crippen molar-refractivity contribution in [1.82, 2.24) is 10.2 Å². The number of anilines is 1. The third kappa shape index (κ3) is 3.21. The fourth-order valence-electron chi connectivity index (χ4n) is 4.95. The summed E-state index contributed by atoms with van der Waals surface area (Å²) in [7, 11) is 1.69. The summed E-state index contributed by atoms with van der Waals surface area (Å²) in [5, 5.41) is 3.07. The molecule has 3 aliphatic rings. The van der Waals surface area contributed by atoms with E-state index in [0.717, 1.165) is 56.1 Å². The maximum atomic E-state index is 12.8. The Labute approximate surface area is 171 Å². The first-order chi connectivity index (χ1) is 14.2. The van der Waals surface area contributed by atoms with Crippen molar-refractivity contribution in [3.8, 4) is 11.5 Å². The second-order valence-electron chi connectivity index (χ2n) is 8.18. The largest absolute Gasteiger partial charge is 0.497 e. The lowest BCUT2D eigenvalue weighted by Crippen LogP contribution is -2.57. The molecule has 29 heavy (non-hydrogen) atoms. The molecule has 6 heteroatoms. The van der Waals surface area contributed by atoms with Crippen LogP contribution >= 0.6 is 0 Å². The molecular weight excluding hydrogens is 366 g/mol. The molecule has 0 bridgehead atoms. The second kappa shape index (κ2) is 7.26. The summed E-state index contributed by atoms with van der Waals surface area (Å²) < 4.78 is 11.5. The number of piperidine rings is 1. The maximum absolute atomic E-state index is 12.8. The molecule has 6 nitrogen and oxygen atoms in total. The molecule has 0 aromatic heterocycles. The van der Waals surface area contributed by atoms with Crippen LogP contribution in [0.3, 0.4) is 0 Å². The number of nitrogens with one attached hydrogen (secondary N) is 1. The van der Waals surface area contributed by atoms with Gasteiger partial charge in [0, 0.05) is 37.3 Å². The Balaban J connectivity index is 1.23. The Morgan fingerprint density at radius 1 is 1.17 bits per heavy atom. The molecule has 2 fully saturated rings. The van der Waals surface area contributed by atoms with Crippen molar-refractivity contribution in [2.45, 2.75) is 30.9 Å². The van der Waals surface area contributed by atoms with Gasteiger partial charge < -0.3 is 19.7 Å². The Kier molecular flexibility index (Phi) is 4.59. The van der Waals surface area contributed by atoms with Crippen LogP contribution in [0.5, 0.6) is 11.5 Å². The molecule has 3 heterocycles. The average Bonchev–Trinajstić information content (AvgIpc) is 3.30. The van der Waals surface area contributed by atoms with E-state index in [2.05, 4.69) is 33.3 Å². The molecule has 1 atom stereocenters. The van der Waals surface area contributed by atoms with Crippen molar-refractivity contribution in [3.05, 3.63) is 54.1 Å². The molecule has 2 saturated heterocycles. The second-order valence-corrected chi connectivity index (χ2v) is 8.18. The van der Waals surface area contributed by atoms with Crippen molar-refractivity contribution in [2.24, 2.45) is 0 Å². The van der Waals surface area contributed by atoms with E-state index in [-0.39, 0.29) is 12.0 Å². The Morgan fingerprint density at radius 2 is 1.97 bits per heavy atom. The monoisotopic (exact) mass is 393 g/mol. The van der Waals surface area contributed by atoms with Crippen molar-refractivity contribution >= 4 is 11.6 Å². The minimum atomic E-state index is -0.426. The van der Waals surface area contributed by atoms with Gasteiger partial charge in [0.25, 0.3) is 0 Å². The highest BCUT2D eigenvalue weighted by Gasteiger charge is 2.50. The number of hydrogen-bond acceptors (Lipinski definition) is 5. The zero-order chi connectivity index (χ0) is 19.8. The number of methoxy groups -OCH3 is 1. The van der Waals surface area contributed by atoms with Crippen LogP contribution in [0.4, 0.5) is 5.69 Å². The van der Waals surface area contributed by atoms with Crippen molar-refractivity contribution in [3.63, 3.8) is 0 Å². The number of para-hydroxylation sites is 1. The standard InChI is InChI=1S/C23H27N3O3/c1-28-19-7-8-21-17(13-19)14-20(29-21)15-25-11-9-23(10-12-25)22(27)24-16-26(23)18-5-3-2-4-6-18/h2-8,13,20H,9-12,14-16H2,1H3,(H,24,27). The van der Waals surface area contributed by atoms with Gasteiger partial charge in [-0.25, -0.2) is 0 Å². The summed E-state index contributed by atoms with van der Waals surface area (Å²) in [4.78, 5) is 17.5. The summed E-state index contributed by atoms with van der Waals surface area (Å²) in [5.74, 6) is 2.01. The molecule has 3 aliphatic heterocycles. The number of ether oxygens (including phenoxy) is 2. The number of nitrogens with zero attached hydrogens (tertiary/aromatic N) is 2. The van der Waals surface area contributed by atoms with E-state index < -0.39 is 5.54 Å². The van der Waals surface area contributed by atoms with Crippen LogP contribution in [0, 0.1) is 0 Å². The van der Waals surface area contributed by atoms with Crippen LogP contribution in [0.15, 0.2) is 48.5 Å². The van der Waals surface area contributed by atoms with Crippen molar-refractivity contribution < 1.29 is 14.3 Å². The van der Waals surface area contributed by atoms with Crippen LogP contribution < -0.4 is 19.7 Å². The number of benzene rings is 2. The van der Waals surface area contributed by atoms with Gasteiger partial charge in [-0.05, 0) is 43.2 Å². The highest BCUT2D eigenvalue weighted by atomic mass is 16.5. The number of carbonyl (C=O) groups excluding carboxylic acids is 1. The molecule has 1 spiro atoms. The van der Waals surface area contributed by atoms with Crippen LogP contribution in [0.1, 0.15) is 18.4 Å². The highest BCUT2D eigenvalue weighted by Crippen LogP contribution is 2.37. The fraction of sp³-hybridized carbons (Fsp3) is 0.435. The van der Waals surface area contributed by atoms with Gasteiger partial charge in [0.1, 0.15) is 23.1 Å². The number of amides is 1. The number of likely N-dealkylation sites (tertiary alicyclic amines) is 1. The molecule has 2 aromatic rings. The number of fused-ring (bicyclic) bond motifs is 1. The molecule has 0 aliphatic carbocycles. The minimum absolute atomic E-state index is 0.161. The highest BCUT2D eigenvalue weighted by molar-refractivity contribution is 5.93. The van der Waals surface area contributed by atoms with Gasteiger partial charge in [-0.2, -0.15) is 0 Å². The topological polar surface area (TPSA) is 54.0 Å². The Hall–Kier alpha value is -2.73. The molecule has 1 amide bonds. The van der Waals surface area contributed by atoms with Gasteiger partial charge in [0.05, 0.1) is 13.8 Å².